The number of amides is 6. The topological polar surface area (TPSA) is 206 Å². The van der Waals surface area contributed by atoms with E-state index < -0.39 is 29.1 Å². The highest BCUT2D eigenvalue weighted by Gasteiger charge is 2.56. The SMILES string of the molecule is CNC(=O)CCC(C=O)N(C(C)=O)C(=O)c1ccc(N2CCC(N3CC(C(=O)N4CCC5(CC4)C(=O)N(C4CC(N6CCCCC6)C4)c4cc(-c6cc7ncn(C(C)C)c7c(Nc7cc(C(=O)NC(C)C)c(C)cc7F)n6)ccc45)C3)CC2)cc1. The lowest BCUT2D eigenvalue weighted by Crippen LogP contribution is -2.61. The molecule has 5 aromatic rings. The van der Waals surface area contributed by atoms with Crippen molar-refractivity contribution in [3.05, 3.63) is 95.1 Å². The van der Waals surface area contributed by atoms with E-state index >= 15 is 9.18 Å². The molecule has 7 heterocycles. The number of nitrogens with one attached hydrogen (secondary N) is 3. The van der Waals surface area contributed by atoms with Crippen molar-refractivity contribution in [3.8, 4) is 11.3 Å². The molecule has 1 aliphatic carbocycles. The summed E-state index contributed by atoms with van der Waals surface area (Å²) >= 11 is 0. The number of aromatic nitrogens is 3. The molecule has 4 saturated heterocycles. The molecule has 20 heteroatoms. The molecular formula is C65H81FN12O7. The molecular weight excluding hydrogens is 1080 g/mol. The third kappa shape index (κ3) is 11.6. The van der Waals surface area contributed by atoms with Crippen molar-refractivity contribution < 1.29 is 38.0 Å². The Balaban J connectivity index is 0.765. The van der Waals surface area contributed by atoms with E-state index in [1.165, 1.54) is 39.3 Å². The van der Waals surface area contributed by atoms with Gasteiger partial charge in [-0.2, -0.15) is 0 Å². The maximum absolute atomic E-state index is 16.0. The highest BCUT2D eigenvalue weighted by molar-refractivity contribution is 6.10. The second-order valence-electron chi connectivity index (χ2n) is 25.1. The predicted octanol–water partition coefficient (Wildman–Crippen LogP) is 7.92. The number of carbonyl (C=O) groups excluding carboxylic acids is 7. The van der Waals surface area contributed by atoms with Gasteiger partial charge in [0.25, 0.3) is 11.8 Å². The third-order valence-electron chi connectivity index (χ3n) is 19.0. The Labute approximate surface area is 497 Å². The van der Waals surface area contributed by atoms with Gasteiger partial charge >= 0.3 is 0 Å². The summed E-state index contributed by atoms with van der Waals surface area (Å²) in [4.78, 5) is 115. The molecule has 1 unspecified atom stereocenters. The molecule has 0 bridgehead atoms. The lowest BCUT2D eigenvalue weighted by molar-refractivity contribution is -0.145. The number of aryl methyl sites for hydroxylation is 1. The number of carbonyl (C=O) groups is 7. The van der Waals surface area contributed by atoms with E-state index in [4.69, 9.17) is 9.97 Å². The van der Waals surface area contributed by atoms with Crippen molar-refractivity contribution in [1.82, 2.24) is 44.8 Å². The van der Waals surface area contributed by atoms with Crippen molar-refractivity contribution >= 4 is 75.6 Å². The molecule has 19 nitrogen and oxygen atoms in total. The average molecular weight is 1160 g/mol. The summed E-state index contributed by atoms with van der Waals surface area (Å²) in [7, 11) is 1.49. The zero-order valence-electron chi connectivity index (χ0n) is 50.2. The smallest absolute Gasteiger partial charge is 0.261 e. The molecule has 6 aliphatic rings. The van der Waals surface area contributed by atoms with E-state index in [-0.39, 0.29) is 71.8 Å². The normalized spacial score (nSPS) is 20.5. The lowest BCUT2D eigenvalue weighted by atomic mass is 9.73. The number of imide groups is 1. The van der Waals surface area contributed by atoms with E-state index in [0.717, 1.165) is 79.3 Å². The minimum atomic E-state index is -1.05. The van der Waals surface area contributed by atoms with Crippen molar-refractivity contribution in [1.29, 1.82) is 0 Å². The number of halogens is 1. The van der Waals surface area contributed by atoms with Gasteiger partial charge in [-0.05, 0) is 165 Å². The van der Waals surface area contributed by atoms with Crippen LogP contribution in [0.4, 0.5) is 27.3 Å². The number of piperidine rings is 3. The van der Waals surface area contributed by atoms with Gasteiger partial charge in [0, 0.05) is 118 Å². The Morgan fingerprint density at radius 2 is 1.55 bits per heavy atom. The fourth-order valence-electron chi connectivity index (χ4n) is 14.1. The van der Waals surface area contributed by atoms with E-state index in [1.54, 1.807) is 31.5 Å². The highest BCUT2D eigenvalue weighted by Crippen LogP contribution is 2.52. The standard InChI is InChI=1S/C65H81FN12O7/c1-39(2)69-61(82)51-33-55(53(66)29-41(51)5)71-60-59-56(68-38-76(59)40(3)4)34-54(70-60)44-13-17-52-57(30-44)78(50-31-49(32-50)72-23-9-8-10-24-72)64(85)65(52)21-27-74(28-22-65)62(83)45-35-75(36-45)47-19-25-73(26-20-47)46-14-11-43(12-15-46)63(84)77(42(6)80)48(37-79)16-18-58(81)67-7/h11-15,17,29-30,33-34,37-40,45,47-50H,8-10,16,18-28,31-32,35-36H2,1-7H3,(H,67,81)(H,69,82)(H,70,71). The van der Waals surface area contributed by atoms with Crippen LogP contribution in [-0.4, -0.2) is 165 Å². The quantitative estimate of drug-likeness (QED) is 0.0758. The molecule has 85 heavy (non-hydrogen) atoms. The summed E-state index contributed by atoms with van der Waals surface area (Å²) in [6.07, 6.45) is 10.7. The number of rotatable bonds is 17. The molecule has 5 aliphatic heterocycles. The van der Waals surface area contributed by atoms with Crippen molar-refractivity contribution in [2.24, 2.45) is 5.92 Å². The average Bonchev–Trinajstić information content (AvgIpc) is 1.80. The number of nitrogens with zero attached hydrogens (tertiary/aromatic N) is 9. The van der Waals surface area contributed by atoms with Crippen LogP contribution in [0.25, 0.3) is 22.3 Å². The Bertz CT molecular complexity index is 3380. The van der Waals surface area contributed by atoms with Gasteiger partial charge in [-0.25, -0.2) is 14.4 Å². The summed E-state index contributed by atoms with van der Waals surface area (Å²) in [6, 6.07) is 17.8. The number of pyridine rings is 1. The number of aldehydes is 1. The van der Waals surface area contributed by atoms with Crippen LogP contribution in [-0.2, 0) is 29.4 Å². The van der Waals surface area contributed by atoms with Crippen LogP contribution in [0, 0.1) is 18.7 Å². The second-order valence-corrected chi connectivity index (χ2v) is 25.1. The molecule has 3 aromatic carbocycles. The summed E-state index contributed by atoms with van der Waals surface area (Å²) in [6.45, 7) is 17.0. The first kappa shape index (κ1) is 59.2. The number of anilines is 4. The number of likely N-dealkylation sites (tertiary alicyclic amines) is 3. The lowest BCUT2D eigenvalue weighted by Gasteiger charge is -2.49. The van der Waals surface area contributed by atoms with Gasteiger partial charge in [-0.3, -0.25) is 38.6 Å². The first-order valence-corrected chi connectivity index (χ1v) is 30.7. The van der Waals surface area contributed by atoms with Gasteiger partial charge in [0.05, 0.1) is 40.6 Å². The molecule has 3 N–H and O–H groups in total. The Morgan fingerprint density at radius 3 is 2.20 bits per heavy atom. The summed E-state index contributed by atoms with van der Waals surface area (Å²) in [5.41, 5.74) is 6.10. The first-order chi connectivity index (χ1) is 40.9. The first-order valence-electron chi connectivity index (χ1n) is 30.7. The number of imidazole rings is 1. The zero-order chi connectivity index (χ0) is 60.0. The molecule has 450 valence electrons. The summed E-state index contributed by atoms with van der Waals surface area (Å²) in [5.74, 6) is -1.69. The molecule has 1 spiro atoms. The zero-order valence-corrected chi connectivity index (χ0v) is 50.2. The van der Waals surface area contributed by atoms with Crippen LogP contribution in [0.2, 0.25) is 0 Å². The van der Waals surface area contributed by atoms with Gasteiger partial charge in [0.15, 0.2) is 5.82 Å². The van der Waals surface area contributed by atoms with Crippen LogP contribution in [0.1, 0.15) is 143 Å². The van der Waals surface area contributed by atoms with Gasteiger partial charge in [0.1, 0.15) is 17.6 Å². The Kier molecular flexibility index (Phi) is 17.0. The monoisotopic (exact) mass is 1160 g/mol. The number of fused-ring (bicyclic) bond motifs is 3. The number of hydrogen-bond acceptors (Lipinski definition) is 13. The largest absolute Gasteiger partial charge is 0.371 e. The molecule has 1 saturated carbocycles. The Morgan fingerprint density at radius 1 is 0.847 bits per heavy atom. The van der Waals surface area contributed by atoms with Crippen LogP contribution in [0.3, 0.4) is 0 Å². The fraction of sp³-hybridized carbons (Fsp3) is 0.523. The summed E-state index contributed by atoms with van der Waals surface area (Å²) in [5, 5.41) is 8.71. The van der Waals surface area contributed by atoms with E-state index in [0.29, 0.717) is 91.1 Å². The number of hydrogen-bond donors (Lipinski definition) is 3. The van der Waals surface area contributed by atoms with Crippen molar-refractivity contribution in [3.63, 3.8) is 0 Å². The van der Waals surface area contributed by atoms with Gasteiger partial charge in [-0.15, -0.1) is 0 Å². The van der Waals surface area contributed by atoms with Gasteiger partial charge < -0.3 is 44.9 Å². The molecule has 11 rings (SSSR count). The van der Waals surface area contributed by atoms with Crippen LogP contribution in [0.15, 0.2) is 67.0 Å². The van der Waals surface area contributed by atoms with E-state index in [1.807, 2.05) is 61.4 Å². The van der Waals surface area contributed by atoms with Gasteiger partial charge in [0.2, 0.25) is 23.6 Å². The maximum Gasteiger partial charge on any atom is 0.261 e. The van der Waals surface area contributed by atoms with E-state index in [9.17, 15) is 28.8 Å². The van der Waals surface area contributed by atoms with Crippen LogP contribution >= 0.6 is 0 Å². The fourth-order valence-corrected chi connectivity index (χ4v) is 14.1. The molecule has 5 fully saturated rings. The van der Waals surface area contributed by atoms with Crippen LogP contribution < -0.4 is 25.8 Å². The Hall–Kier alpha value is -7.58. The summed E-state index contributed by atoms with van der Waals surface area (Å²) < 4.78 is 17.9. The van der Waals surface area contributed by atoms with Crippen molar-refractivity contribution in [2.45, 2.75) is 154 Å². The molecule has 1 atom stereocenters. The predicted molar refractivity (Wildman–Crippen MR) is 324 cm³/mol. The second kappa shape index (κ2) is 24.4. The molecule has 0 radical (unpaired) electrons. The molecule has 6 amide bonds. The van der Waals surface area contributed by atoms with Crippen molar-refractivity contribution in [2.75, 3.05) is 74.5 Å². The molecule has 2 aromatic heterocycles. The van der Waals surface area contributed by atoms with E-state index in [2.05, 4.69) is 47.7 Å². The van der Waals surface area contributed by atoms with Gasteiger partial charge in [-0.1, -0.05) is 18.6 Å². The third-order valence-corrected chi connectivity index (χ3v) is 19.0. The maximum atomic E-state index is 16.0. The minimum Gasteiger partial charge on any atom is -0.371 e. The van der Waals surface area contributed by atoms with Crippen LogP contribution in [0.5, 0.6) is 0 Å². The minimum absolute atomic E-state index is 0.00212. The highest BCUT2D eigenvalue weighted by atomic mass is 19.1. The number of benzene rings is 3.